The van der Waals surface area contributed by atoms with E-state index in [-0.39, 0.29) is 6.42 Å². The molecule has 4 heteroatoms. The van der Waals surface area contributed by atoms with Gasteiger partial charge in [0.15, 0.2) is 0 Å². The molecule has 0 saturated heterocycles. The molecule has 0 aliphatic rings. The summed E-state index contributed by atoms with van der Waals surface area (Å²) in [5.41, 5.74) is 1.01. The smallest absolute Gasteiger partial charge is 0.207 e. The summed E-state index contributed by atoms with van der Waals surface area (Å²) in [6, 6.07) is 1.98. The fourth-order valence-corrected chi connectivity index (χ4v) is 2.97. The van der Waals surface area contributed by atoms with Gasteiger partial charge < -0.3 is 0 Å². The van der Waals surface area contributed by atoms with Gasteiger partial charge in [-0.2, -0.15) is 0 Å². The Morgan fingerprint density at radius 3 is 2.43 bits per heavy atom. The summed E-state index contributed by atoms with van der Waals surface area (Å²) in [6.07, 6.45) is -0.296. The molecule has 1 aromatic heterocycles. The lowest BCUT2D eigenvalue weighted by Gasteiger charge is -2.14. The maximum absolute atomic E-state index is 12.7. The summed E-state index contributed by atoms with van der Waals surface area (Å²) in [4.78, 5) is 1.98. The lowest BCUT2D eigenvalue weighted by atomic mass is 10.1. The molecule has 0 nitrogen and oxygen atoms in total. The van der Waals surface area contributed by atoms with Crippen LogP contribution in [-0.2, 0) is 0 Å². The molecule has 0 aromatic carbocycles. The summed E-state index contributed by atoms with van der Waals surface area (Å²) >= 11 is 7.44. The topological polar surface area (TPSA) is 0 Å². The van der Waals surface area contributed by atoms with Gasteiger partial charge in [-0.1, -0.05) is 0 Å². The van der Waals surface area contributed by atoms with Gasteiger partial charge in [0.25, 0.3) is 0 Å². The normalized spacial score (nSPS) is 14.4. The number of thiophene rings is 1. The van der Waals surface area contributed by atoms with E-state index in [2.05, 4.69) is 0 Å². The molecular weight excluding hydrogens is 226 g/mol. The van der Waals surface area contributed by atoms with E-state index in [1.807, 2.05) is 19.9 Å². The van der Waals surface area contributed by atoms with Crippen LogP contribution >= 0.6 is 22.9 Å². The van der Waals surface area contributed by atoms with Crippen LogP contribution < -0.4 is 0 Å². The van der Waals surface area contributed by atoms with Crippen molar-refractivity contribution in [2.75, 3.05) is 0 Å². The van der Waals surface area contributed by atoms with Gasteiger partial charge in [-0.15, -0.1) is 22.9 Å². The molecular formula is C10H13ClF2S. The zero-order valence-corrected chi connectivity index (χ0v) is 9.98. The summed E-state index contributed by atoms with van der Waals surface area (Å²) in [6.45, 7) is 4.76. The number of aryl methyl sites for hydroxylation is 2. The quantitative estimate of drug-likeness (QED) is 0.670. The standard InChI is InChI=1S/C10H13ClF2S/c1-6-4-7(2)14-9(6)8(11)5-10(3,12)13/h4,8H,5H2,1-3H3. The van der Waals surface area contributed by atoms with Gasteiger partial charge in [0.2, 0.25) is 5.92 Å². The molecule has 0 aliphatic carbocycles. The molecule has 0 fully saturated rings. The van der Waals surface area contributed by atoms with Crippen molar-refractivity contribution < 1.29 is 8.78 Å². The van der Waals surface area contributed by atoms with Crippen LogP contribution in [0.4, 0.5) is 8.78 Å². The maximum Gasteiger partial charge on any atom is 0.247 e. The van der Waals surface area contributed by atoms with Crippen molar-refractivity contribution in [2.45, 2.75) is 38.5 Å². The number of hydrogen-bond donors (Lipinski definition) is 0. The molecule has 0 spiro atoms. The third kappa shape index (κ3) is 3.21. The molecule has 0 radical (unpaired) electrons. The van der Waals surface area contributed by atoms with Gasteiger partial charge in [-0.25, -0.2) is 8.78 Å². The van der Waals surface area contributed by atoms with Gasteiger partial charge >= 0.3 is 0 Å². The minimum absolute atomic E-state index is 0.296. The Morgan fingerprint density at radius 2 is 2.07 bits per heavy atom. The molecule has 80 valence electrons. The van der Waals surface area contributed by atoms with E-state index in [0.717, 1.165) is 22.2 Å². The second kappa shape index (κ2) is 4.15. The van der Waals surface area contributed by atoms with Crippen LogP contribution in [0.15, 0.2) is 6.07 Å². The van der Waals surface area contributed by atoms with Crippen molar-refractivity contribution in [3.8, 4) is 0 Å². The predicted molar refractivity (Wildman–Crippen MR) is 57.6 cm³/mol. The Labute approximate surface area is 91.9 Å². The van der Waals surface area contributed by atoms with Crippen molar-refractivity contribution in [1.82, 2.24) is 0 Å². The van der Waals surface area contributed by atoms with Gasteiger partial charge in [0.1, 0.15) is 0 Å². The van der Waals surface area contributed by atoms with Crippen LogP contribution in [0.1, 0.15) is 34.0 Å². The molecule has 14 heavy (non-hydrogen) atoms. The fourth-order valence-electron chi connectivity index (χ4n) is 1.38. The average molecular weight is 239 g/mol. The third-order valence-electron chi connectivity index (χ3n) is 1.90. The van der Waals surface area contributed by atoms with Crippen molar-refractivity contribution >= 4 is 22.9 Å². The minimum Gasteiger partial charge on any atom is -0.207 e. The first-order valence-corrected chi connectivity index (χ1v) is 5.64. The highest BCUT2D eigenvalue weighted by atomic mass is 35.5. The van der Waals surface area contributed by atoms with Crippen LogP contribution in [-0.4, -0.2) is 5.92 Å². The Hall–Kier alpha value is -0.150. The molecule has 0 aliphatic heterocycles. The second-order valence-corrected chi connectivity index (χ2v) is 5.46. The third-order valence-corrected chi connectivity index (χ3v) is 3.67. The number of alkyl halides is 3. The molecule has 0 N–H and O–H groups in total. The molecule has 0 amide bonds. The molecule has 1 unspecified atom stereocenters. The highest BCUT2D eigenvalue weighted by Gasteiger charge is 2.28. The second-order valence-electron chi connectivity index (χ2n) is 3.65. The average Bonchev–Trinajstić information content (AvgIpc) is 2.26. The maximum atomic E-state index is 12.7. The summed E-state index contributed by atoms with van der Waals surface area (Å²) < 4.78 is 25.4. The minimum atomic E-state index is -2.70. The number of hydrogen-bond acceptors (Lipinski definition) is 1. The summed E-state index contributed by atoms with van der Waals surface area (Å²) in [5, 5.41) is -0.575. The highest BCUT2D eigenvalue weighted by Crippen LogP contribution is 2.38. The highest BCUT2D eigenvalue weighted by molar-refractivity contribution is 7.12. The molecule has 0 saturated carbocycles. The van der Waals surface area contributed by atoms with Crippen molar-refractivity contribution in [3.63, 3.8) is 0 Å². The number of rotatable bonds is 3. The lowest BCUT2D eigenvalue weighted by molar-refractivity contribution is 0.0122. The van der Waals surface area contributed by atoms with Crippen molar-refractivity contribution in [1.29, 1.82) is 0 Å². The van der Waals surface area contributed by atoms with Gasteiger partial charge in [0, 0.05) is 16.2 Å². The molecule has 1 aromatic rings. The van der Waals surface area contributed by atoms with Crippen molar-refractivity contribution in [2.24, 2.45) is 0 Å². The molecule has 0 bridgehead atoms. The SMILES string of the molecule is Cc1cc(C)c(C(Cl)CC(C)(F)F)s1. The Bertz CT molecular complexity index is 314. The monoisotopic (exact) mass is 238 g/mol. The van der Waals surface area contributed by atoms with E-state index >= 15 is 0 Å². The van der Waals surface area contributed by atoms with Crippen LogP contribution in [0, 0.1) is 13.8 Å². The van der Waals surface area contributed by atoms with Crippen molar-refractivity contribution in [3.05, 3.63) is 21.4 Å². The Kier molecular flexibility index (Phi) is 3.53. The largest absolute Gasteiger partial charge is 0.247 e. The Balaban J connectivity index is 2.79. The van der Waals surface area contributed by atoms with Crippen LogP contribution in [0.3, 0.4) is 0 Å². The van der Waals surface area contributed by atoms with E-state index in [1.165, 1.54) is 11.3 Å². The van der Waals surface area contributed by atoms with E-state index < -0.39 is 11.3 Å². The predicted octanol–water partition coefficient (Wildman–Crippen LogP) is 4.69. The fraction of sp³-hybridized carbons (Fsp3) is 0.600. The zero-order chi connectivity index (χ0) is 10.9. The Morgan fingerprint density at radius 1 is 1.50 bits per heavy atom. The first-order valence-electron chi connectivity index (χ1n) is 4.38. The van der Waals surface area contributed by atoms with E-state index in [9.17, 15) is 8.78 Å². The van der Waals surface area contributed by atoms with Gasteiger partial charge in [0.05, 0.1) is 5.38 Å². The summed E-state index contributed by atoms with van der Waals surface area (Å²) in [5.74, 6) is -2.70. The van der Waals surface area contributed by atoms with E-state index in [0.29, 0.717) is 0 Å². The van der Waals surface area contributed by atoms with E-state index in [4.69, 9.17) is 11.6 Å². The van der Waals surface area contributed by atoms with E-state index in [1.54, 1.807) is 0 Å². The lowest BCUT2D eigenvalue weighted by Crippen LogP contribution is -2.12. The molecule has 1 atom stereocenters. The molecule has 1 rings (SSSR count). The van der Waals surface area contributed by atoms with Gasteiger partial charge in [-0.3, -0.25) is 0 Å². The van der Waals surface area contributed by atoms with Crippen LogP contribution in [0.2, 0.25) is 0 Å². The zero-order valence-electron chi connectivity index (χ0n) is 8.40. The summed E-state index contributed by atoms with van der Waals surface area (Å²) in [7, 11) is 0. The first-order chi connectivity index (χ1) is 6.29. The van der Waals surface area contributed by atoms with Gasteiger partial charge in [-0.05, 0) is 32.4 Å². The number of halogens is 3. The first kappa shape index (κ1) is 11.9. The van der Waals surface area contributed by atoms with Crippen LogP contribution in [0.5, 0.6) is 0 Å². The molecule has 1 heterocycles. The van der Waals surface area contributed by atoms with Crippen LogP contribution in [0.25, 0.3) is 0 Å².